The number of nitrogens with zero attached hydrogens (tertiary/aromatic N) is 1. The Morgan fingerprint density at radius 1 is 0.667 bits per heavy atom. The zero-order valence-corrected chi connectivity index (χ0v) is 16.1. The summed E-state index contributed by atoms with van der Waals surface area (Å²) in [6, 6.07) is 17.6. The number of carbonyl (C=O) groups excluding carboxylic acids is 2. The molecule has 1 aliphatic rings. The predicted molar refractivity (Wildman–Crippen MR) is 110 cm³/mol. The van der Waals surface area contributed by atoms with Gasteiger partial charge in [0, 0.05) is 0 Å². The summed E-state index contributed by atoms with van der Waals surface area (Å²) < 4.78 is 0. The van der Waals surface area contributed by atoms with Gasteiger partial charge in [-0.3, -0.25) is 9.59 Å². The number of carbonyl (C=O) groups is 2. The third-order valence-electron chi connectivity index (χ3n) is 5.32. The molecule has 136 valence electrons. The van der Waals surface area contributed by atoms with Gasteiger partial charge in [0.25, 0.3) is 11.8 Å². The van der Waals surface area contributed by atoms with Crippen molar-refractivity contribution in [2.24, 2.45) is 0 Å². The summed E-state index contributed by atoms with van der Waals surface area (Å²) in [5, 5.41) is 1.95. The van der Waals surface area contributed by atoms with Crippen LogP contribution in [0.1, 0.15) is 71.4 Å². The Labute approximate surface area is 159 Å². The first-order valence-electron chi connectivity index (χ1n) is 9.44. The highest BCUT2D eigenvalue weighted by Gasteiger charge is 2.39. The van der Waals surface area contributed by atoms with Crippen LogP contribution in [0.15, 0.2) is 54.6 Å². The van der Waals surface area contributed by atoms with Crippen molar-refractivity contribution in [3.8, 4) is 0 Å². The van der Waals surface area contributed by atoms with Crippen LogP contribution >= 0.6 is 0 Å². The first-order chi connectivity index (χ1) is 12.9. The smallest absolute Gasteiger partial charge is 0.266 e. The van der Waals surface area contributed by atoms with Gasteiger partial charge >= 0.3 is 0 Å². The fourth-order valence-corrected chi connectivity index (χ4v) is 3.90. The fraction of sp³-hybridized carbons (Fsp3) is 0.250. The van der Waals surface area contributed by atoms with E-state index in [1.54, 1.807) is 0 Å². The Balaban J connectivity index is 1.95. The Hall–Kier alpha value is -2.94. The molecule has 0 saturated carbocycles. The molecular weight excluding hydrogens is 334 g/mol. The minimum Gasteiger partial charge on any atom is -0.268 e. The first-order valence-corrected chi connectivity index (χ1v) is 9.44. The van der Waals surface area contributed by atoms with Crippen molar-refractivity contribution < 1.29 is 9.59 Å². The van der Waals surface area contributed by atoms with E-state index in [-0.39, 0.29) is 23.7 Å². The fourth-order valence-electron chi connectivity index (χ4n) is 3.90. The molecule has 1 heterocycles. The van der Waals surface area contributed by atoms with E-state index in [1.807, 2.05) is 54.6 Å². The molecule has 0 atom stereocenters. The van der Waals surface area contributed by atoms with Gasteiger partial charge in [-0.25, -0.2) is 4.90 Å². The summed E-state index contributed by atoms with van der Waals surface area (Å²) in [5.41, 5.74) is 3.80. The lowest BCUT2D eigenvalue weighted by molar-refractivity contribution is 0.0925. The maximum absolute atomic E-state index is 13.3. The van der Waals surface area contributed by atoms with E-state index in [1.165, 1.54) is 4.90 Å². The van der Waals surface area contributed by atoms with Crippen molar-refractivity contribution in [2.75, 3.05) is 4.90 Å². The molecule has 0 unspecified atom stereocenters. The molecular formula is C24H23NO2. The Kier molecular flexibility index (Phi) is 4.11. The van der Waals surface area contributed by atoms with Crippen LogP contribution in [0.5, 0.6) is 0 Å². The molecule has 3 heteroatoms. The van der Waals surface area contributed by atoms with Crippen molar-refractivity contribution in [2.45, 2.75) is 39.5 Å². The van der Waals surface area contributed by atoms with E-state index in [2.05, 4.69) is 27.7 Å². The van der Waals surface area contributed by atoms with Crippen LogP contribution in [0.25, 0.3) is 10.8 Å². The lowest BCUT2D eigenvalue weighted by Gasteiger charge is -2.25. The van der Waals surface area contributed by atoms with Gasteiger partial charge in [0.15, 0.2) is 0 Å². The van der Waals surface area contributed by atoms with Gasteiger partial charge in [-0.05, 0) is 45.9 Å². The summed E-state index contributed by atoms with van der Waals surface area (Å²) in [7, 11) is 0. The van der Waals surface area contributed by atoms with Crippen LogP contribution in [-0.4, -0.2) is 11.8 Å². The third-order valence-corrected chi connectivity index (χ3v) is 5.32. The Bertz CT molecular complexity index is 998. The van der Waals surface area contributed by atoms with E-state index in [0.717, 1.165) is 27.6 Å². The summed E-state index contributed by atoms with van der Waals surface area (Å²) in [5.74, 6) is -0.0318. The number of fused-ring (bicyclic) bond motifs is 2. The predicted octanol–water partition coefficient (Wildman–Crippen LogP) is 5.89. The van der Waals surface area contributed by atoms with Gasteiger partial charge in [0.05, 0.1) is 16.8 Å². The van der Waals surface area contributed by atoms with Crippen molar-refractivity contribution in [3.63, 3.8) is 0 Å². The number of hydrogen-bond acceptors (Lipinski definition) is 2. The van der Waals surface area contributed by atoms with Gasteiger partial charge in [0.2, 0.25) is 0 Å². The molecule has 3 aromatic rings. The highest BCUT2D eigenvalue weighted by molar-refractivity contribution is 6.35. The van der Waals surface area contributed by atoms with Crippen LogP contribution in [0, 0.1) is 0 Å². The molecule has 0 radical (unpaired) electrons. The lowest BCUT2D eigenvalue weighted by atomic mass is 9.92. The molecule has 3 aromatic carbocycles. The minimum atomic E-state index is -0.226. The summed E-state index contributed by atoms with van der Waals surface area (Å²) in [6.07, 6.45) is 0. The highest BCUT2D eigenvalue weighted by Crippen LogP contribution is 2.40. The maximum atomic E-state index is 13.3. The lowest BCUT2D eigenvalue weighted by Crippen LogP contribution is -2.31. The summed E-state index contributed by atoms with van der Waals surface area (Å²) in [4.78, 5) is 28.0. The zero-order chi connectivity index (χ0) is 19.3. The second-order valence-corrected chi connectivity index (χ2v) is 7.79. The maximum Gasteiger partial charge on any atom is 0.266 e. The minimum absolute atomic E-state index is 0.210. The third kappa shape index (κ3) is 2.66. The monoisotopic (exact) mass is 357 g/mol. The number of hydrogen-bond donors (Lipinski definition) is 0. The molecule has 3 nitrogen and oxygen atoms in total. The molecule has 2 amide bonds. The first kappa shape index (κ1) is 17.5. The van der Waals surface area contributed by atoms with E-state index in [4.69, 9.17) is 0 Å². The molecule has 4 rings (SSSR count). The molecule has 0 spiro atoms. The van der Waals surface area contributed by atoms with Crippen LogP contribution in [-0.2, 0) is 0 Å². The van der Waals surface area contributed by atoms with Gasteiger partial charge in [0.1, 0.15) is 0 Å². The molecule has 0 aromatic heterocycles. The quantitative estimate of drug-likeness (QED) is 0.548. The summed E-state index contributed by atoms with van der Waals surface area (Å²) >= 11 is 0. The molecule has 0 N–H and O–H groups in total. The van der Waals surface area contributed by atoms with E-state index in [9.17, 15) is 9.59 Å². The van der Waals surface area contributed by atoms with Crippen molar-refractivity contribution in [1.82, 2.24) is 0 Å². The second kappa shape index (κ2) is 6.34. The average Bonchev–Trinajstić information content (AvgIpc) is 2.89. The topological polar surface area (TPSA) is 37.4 Å². The average molecular weight is 357 g/mol. The number of anilines is 1. The molecule has 0 fully saturated rings. The number of benzene rings is 3. The highest BCUT2D eigenvalue weighted by atomic mass is 16.2. The van der Waals surface area contributed by atoms with Crippen LogP contribution in [0.2, 0.25) is 0 Å². The van der Waals surface area contributed by atoms with Crippen LogP contribution < -0.4 is 4.90 Å². The number of para-hydroxylation sites is 1. The molecule has 0 saturated heterocycles. The molecule has 27 heavy (non-hydrogen) atoms. The number of amides is 2. The molecule has 0 bridgehead atoms. The largest absolute Gasteiger partial charge is 0.268 e. The second-order valence-electron chi connectivity index (χ2n) is 7.79. The van der Waals surface area contributed by atoms with Crippen LogP contribution in [0.3, 0.4) is 0 Å². The van der Waals surface area contributed by atoms with Gasteiger partial charge < -0.3 is 0 Å². The Morgan fingerprint density at radius 2 is 1.11 bits per heavy atom. The molecule has 0 aliphatic carbocycles. The van der Waals surface area contributed by atoms with Gasteiger partial charge in [-0.2, -0.15) is 0 Å². The van der Waals surface area contributed by atoms with Gasteiger partial charge in [-0.1, -0.05) is 70.2 Å². The standard InChI is InChI=1S/C24H23NO2/c1-14(2)18-10-7-11-19(15(3)4)22(18)25-23(26)20-12-16-8-5-6-9-17(16)13-21(20)24(25)27/h5-15H,1-4H3. The molecule has 1 aliphatic heterocycles. The zero-order valence-electron chi connectivity index (χ0n) is 16.1. The van der Waals surface area contributed by atoms with Crippen LogP contribution in [0.4, 0.5) is 5.69 Å². The number of imide groups is 1. The van der Waals surface area contributed by atoms with E-state index >= 15 is 0 Å². The van der Waals surface area contributed by atoms with E-state index in [0.29, 0.717) is 11.1 Å². The van der Waals surface area contributed by atoms with E-state index < -0.39 is 0 Å². The van der Waals surface area contributed by atoms with Gasteiger partial charge in [-0.15, -0.1) is 0 Å². The normalized spacial score (nSPS) is 13.9. The Morgan fingerprint density at radius 3 is 1.52 bits per heavy atom. The number of rotatable bonds is 3. The van der Waals surface area contributed by atoms with Crippen molar-refractivity contribution in [3.05, 3.63) is 76.9 Å². The van der Waals surface area contributed by atoms with Crippen molar-refractivity contribution >= 4 is 28.3 Å². The van der Waals surface area contributed by atoms with Crippen molar-refractivity contribution in [1.29, 1.82) is 0 Å². The summed E-state index contributed by atoms with van der Waals surface area (Å²) in [6.45, 7) is 8.37. The SMILES string of the molecule is CC(C)c1cccc(C(C)C)c1N1C(=O)c2cc3ccccc3cc2C1=O.